The second-order valence-corrected chi connectivity index (χ2v) is 9.73. The van der Waals surface area contributed by atoms with Crippen LogP contribution in [0.4, 0.5) is 0 Å². The quantitative estimate of drug-likeness (QED) is 0.151. The molecule has 0 aliphatic heterocycles. The summed E-state index contributed by atoms with van der Waals surface area (Å²) < 4.78 is 30.1. The molecule has 1 N–H and O–H groups in total. The van der Waals surface area contributed by atoms with Crippen molar-refractivity contribution < 1.29 is 17.8 Å². The summed E-state index contributed by atoms with van der Waals surface area (Å²) >= 11 is 0. The van der Waals surface area contributed by atoms with Crippen molar-refractivity contribution in [3.63, 3.8) is 0 Å². The summed E-state index contributed by atoms with van der Waals surface area (Å²) in [7, 11) is -2.42. The summed E-state index contributed by atoms with van der Waals surface area (Å²) in [6.45, 7) is 2.32. The second-order valence-electron chi connectivity index (χ2n) is 8.15. The Kier molecular flexibility index (Phi) is 23.5. The zero-order chi connectivity index (χ0) is 21.1. The molecule has 0 heterocycles. The summed E-state index contributed by atoms with van der Waals surface area (Å²) in [6.07, 6.45) is 21.3. The van der Waals surface area contributed by atoms with Crippen LogP contribution in [0.15, 0.2) is 0 Å². The maximum absolute atomic E-state index is 11.9. The van der Waals surface area contributed by atoms with E-state index in [9.17, 15) is 13.2 Å². The molecule has 0 atom stereocenters. The van der Waals surface area contributed by atoms with E-state index in [-0.39, 0.29) is 42.0 Å². The van der Waals surface area contributed by atoms with Gasteiger partial charge in [-0.2, -0.15) is 8.42 Å². The monoisotopic (exact) mass is 442 g/mol. The van der Waals surface area contributed by atoms with Crippen molar-refractivity contribution in [2.75, 3.05) is 19.3 Å². The van der Waals surface area contributed by atoms with E-state index in [1.807, 2.05) is 0 Å². The molecule has 29 heavy (non-hydrogen) atoms. The van der Waals surface area contributed by atoms with Gasteiger partial charge in [0.05, 0.1) is 5.75 Å². The third kappa shape index (κ3) is 24.5. The van der Waals surface area contributed by atoms with Gasteiger partial charge in [-0.25, -0.2) is 0 Å². The summed E-state index contributed by atoms with van der Waals surface area (Å²) in [5, 5.41) is 0. The van der Waals surface area contributed by atoms with Crippen LogP contribution in [0.3, 0.4) is 0 Å². The predicted molar refractivity (Wildman–Crippen MR) is 124 cm³/mol. The normalized spacial score (nSPS) is 11.3. The van der Waals surface area contributed by atoms with Crippen molar-refractivity contribution in [1.82, 2.24) is 4.90 Å². The summed E-state index contributed by atoms with van der Waals surface area (Å²) in [6, 6.07) is 0. The molecule has 7 heteroatoms. The number of nitrogens with zero attached hydrogens (tertiary/aromatic N) is 1. The molecule has 0 saturated heterocycles. The van der Waals surface area contributed by atoms with Gasteiger partial charge >= 0.3 is 0 Å². The average molecular weight is 443 g/mol. The number of hydrogen-bond acceptors (Lipinski definition) is 3. The largest absolute Gasteiger partial charge is 0.345 e. The van der Waals surface area contributed by atoms with E-state index >= 15 is 0 Å². The molecule has 0 unspecified atom stereocenters. The standard InChI is InChI=1S/C22H45NO4S.Na/c1-3-4-5-6-7-8-9-10-11-12-13-14-15-16-17-18-19-22(24)23(2)20-21-28(25,26)27;/h3-21H2,1-2H3,(H,25,26,27);. The van der Waals surface area contributed by atoms with E-state index < -0.39 is 15.9 Å². The van der Waals surface area contributed by atoms with Gasteiger partial charge in [0.1, 0.15) is 0 Å². The summed E-state index contributed by atoms with van der Waals surface area (Å²) in [4.78, 5) is 13.2. The van der Waals surface area contributed by atoms with Crippen LogP contribution in [-0.2, 0) is 14.9 Å². The molecule has 0 spiro atoms. The van der Waals surface area contributed by atoms with Gasteiger partial charge in [-0.1, -0.05) is 103 Å². The van der Waals surface area contributed by atoms with Crippen molar-refractivity contribution >= 4 is 45.6 Å². The van der Waals surface area contributed by atoms with Gasteiger partial charge in [0.25, 0.3) is 10.1 Å². The van der Waals surface area contributed by atoms with Crippen molar-refractivity contribution in [1.29, 1.82) is 0 Å². The third-order valence-corrected chi connectivity index (χ3v) is 6.05. The first-order valence-electron chi connectivity index (χ1n) is 11.6. The minimum atomic E-state index is -4.00. The number of carbonyl (C=O) groups excluding carboxylic acids is 1. The number of carbonyl (C=O) groups is 1. The first kappa shape index (κ1) is 31.6. The average Bonchev–Trinajstić information content (AvgIpc) is 2.65. The van der Waals surface area contributed by atoms with Gasteiger partial charge < -0.3 is 4.90 Å². The molecule has 5 nitrogen and oxygen atoms in total. The Balaban J connectivity index is 0. The Morgan fingerprint density at radius 1 is 0.724 bits per heavy atom. The molecular formula is C22H45NNaO4S. The molecule has 0 aromatic carbocycles. The molecule has 169 valence electrons. The van der Waals surface area contributed by atoms with Gasteiger partial charge in [0, 0.05) is 49.6 Å². The van der Waals surface area contributed by atoms with Crippen molar-refractivity contribution in [3.8, 4) is 0 Å². The van der Waals surface area contributed by atoms with Gasteiger partial charge in [-0.15, -0.1) is 0 Å². The minimum absolute atomic E-state index is 0. The van der Waals surface area contributed by atoms with Crippen LogP contribution in [-0.4, -0.2) is 72.7 Å². The van der Waals surface area contributed by atoms with E-state index in [0.29, 0.717) is 6.42 Å². The molecule has 0 fully saturated rings. The predicted octanol–water partition coefficient (Wildman–Crippen LogP) is 5.60. The minimum Gasteiger partial charge on any atom is -0.345 e. The van der Waals surface area contributed by atoms with Crippen LogP contribution >= 0.6 is 0 Å². The Morgan fingerprint density at radius 2 is 1.07 bits per heavy atom. The van der Waals surface area contributed by atoms with E-state index in [1.54, 1.807) is 7.05 Å². The summed E-state index contributed by atoms with van der Waals surface area (Å²) in [5.41, 5.74) is 0. The van der Waals surface area contributed by atoms with Crippen LogP contribution < -0.4 is 0 Å². The molecule has 1 radical (unpaired) electrons. The first-order chi connectivity index (χ1) is 13.4. The second kappa shape index (κ2) is 21.6. The third-order valence-electron chi connectivity index (χ3n) is 5.35. The smallest absolute Gasteiger partial charge is 0.266 e. The number of rotatable bonds is 20. The zero-order valence-electron chi connectivity index (χ0n) is 19.5. The van der Waals surface area contributed by atoms with Crippen molar-refractivity contribution in [3.05, 3.63) is 0 Å². The molecule has 0 aliphatic rings. The fraction of sp³-hybridized carbons (Fsp3) is 0.955. The Labute approximate surface area is 202 Å². The first-order valence-corrected chi connectivity index (χ1v) is 13.2. The Hall–Kier alpha value is 0.380. The molecule has 0 aromatic rings. The van der Waals surface area contributed by atoms with Gasteiger partial charge in [-0.3, -0.25) is 9.35 Å². The number of amides is 1. The van der Waals surface area contributed by atoms with Crippen molar-refractivity contribution in [2.24, 2.45) is 0 Å². The zero-order valence-corrected chi connectivity index (χ0v) is 22.3. The van der Waals surface area contributed by atoms with E-state index in [0.717, 1.165) is 12.8 Å². The van der Waals surface area contributed by atoms with E-state index in [1.165, 1.54) is 94.8 Å². The van der Waals surface area contributed by atoms with Crippen LogP contribution in [0, 0.1) is 0 Å². The summed E-state index contributed by atoms with van der Waals surface area (Å²) in [5.74, 6) is -0.442. The van der Waals surface area contributed by atoms with Crippen LogP contribution in [0.2, 0.25) is 0 Å². The van der Waals surface area contributed by atoms with Crippen LogP contribution in [0.1, 0.15) is 116 Å². The Bertz CT molecular complexity index is 471. The number of unbranched alkanes of at least 4 members (excludes halogenated alkanes) is 15. The van der Waals surface area contributed by atoms with E-state index in [2.05, 4.69) is 6.92 Å². The molecule has 0 saturated carbocycles. The van der Waals surface area contributed by atoms with Gasteiger partial charge in [0.2, 0.25) is 5.91 Å². The molecule has 0 rings (SSSR count). The molecule has 0 bridgehead atoms. The molecular weight excluding hydrogens is 397 g/mol. The number of hydrogen-bond donors (Lipinski definition) is 1. The SMILES string of the molecule is CCCCCCCCCCCCCCCCCCC(=O)N(C)CCS(=O)(=O)O.[Na]. The van der Waals surface area contributed by atoms with Crippen LogP contribution in [0.5, 0.6) is 0 Å². The topological polar surface area (TPSA) is 74.7 Å². The van der Waals surface area contributed by atoms with Crippen molar-refractivity contribution in [2.45, 2.75) is 116 Å². The fourth-order valence-electron chi connectivity index (χ4n) is 3.39. The van der Waals surface area contributed by atoms with Crippen LogP contribution in [0.25, 0.3) is 0 Å². The molecule has 0 aromatic heterocycles. The molecule has 0 aliphatic carbocycles. The molecule has 1 amide bonds. The Morgan fingerprint density at radius 3 is 1.41 bits per heavy atom. The maximum Gasteiger partial charge on any atom is 0.266 e. The fourth-order valence-corrected chi connectivity index (χ4v) is 3.90. The van der Waals surface area contributed by atoms with Gasteiger partial charge in [-0.05, 0) is 6.42 Å². The maximum atomic E-state index is 11.9. The van der Waals surface area contributed by atoms with Gasteiger partial charge in [0.15, 0.2) is 0 Å². The van der Waals surface area contributed by atoms with E-state index in [4.69, 9.17) is 4.55 Å².